The lowest BCUT2D eigenvalue weighted by Gasteiger charge is -2.32. The number of pyridine rings is 1. The van der Waals surface area contributed by atoms with E-state index in [9.17, 15) is 0 Å². The summed E-state index contributed by atoms with van der Waals surface area (Å²) in [4.78, 5) is 6.99. The highest BCUT2D eigenvalue weighted by Gasteiger charge is 2.23. The zero-order valence-corrected chi connectivity index (χ0v) is 14.4. The summed E-state index contributed by atoms with van der Waals surface area (Å²) in [5, 5.41) is 14.9. The van der Waals surface area contributed by atoms with Crippen molar-refractivity contribution < 1.29 is 5.11 Å². The third kappa shape index (κ3) is 3.57. The molecule has 1 aliphatic rings. The number of nitrogens with zero attached hydrogens (tertiary/aromatic N) is 4. The van der Waals surface area contributed by atoms with E-state index in [4.69, 9.17) is 5.11 Å². The maximum absolute atomic E-state index is 9.06. The first-order valence-electron chi connectivity index (χ1n) is 9.02. The van der Waals surface area contributed by atoms with Crippen LogP contribution in [0.1, 0.15) is 30.0 Å². The molecule has 2 aromatic heterocycles. The van der Waals surface area contributed by atoms with E-state index in [1.807, 2.05) is 23.1 Å². The Labute approximate surface area is 147 Å². The Morgan fingerprint density at radius 3 is 3.00 bits per heavy atom. The Morgan fingerprint density at radius 1 is 1.16 bits per heavy atom. The molecule has 0 radical (unpaired) electrons. The lowest BCUT2D eigenvalue weighted by molar-refractivity contribution is 0.198. The second-order valence-corrected chi connectivity index (χ2v) is 6.79. The van der Waals surface area contributed by atoms with Crippen LogP contribution in [0.3, 0.4) is 0 Å². The molecule has 5 heteroatoms. The lowest BCUT2D eigenvalue weighted by atomic mass is 9.94. The topological polar surface area (TPSA) is 54.2 Å². The Kier molecular flexibility index (Phi) is 4.76. The van der Waals surface area contributed by atoms with Gasteiger partial charge in [-0.25, -0.2) is 0 Å². The van der Waals surface area contributed by atoms with Crippen LogP contribution in [-0.4, -0.2) is 44.5 Å². The Morgan fingerprint density at radius 2 is 2.08 bits per heavy atom. The molecule has 0 amide bonds. The quantitative estimate of drug-likeness (QED) is 0.778. The largest absolute Gasteiger partial charge is 0.394 e. The van der Waals surface area contributed by atoms with Gasteiger partial charge in [0.2, 0.25) is 0 Å². The third-order valence-corrected chi connectivity index (χ3v) is 5.05. The van der Waals surface area contributed by atoms with Crippen molar-refractivity contribution in [3.05, 3.63) is 60.0 Å². The third-order valence-electron chi connectivity index (χ3n) is 5.05. The van der Waals surface area contributed by atoms with Gasteiger partial charge in [0, 0.05) is 36.8 Å². The summed E-state index contributed by atoms with van der Waals surface area (Å²) in [6, 6.07) is 12.6. The number of hydrogen-bond donors (Lipinski definition) is 1. The van der Waals surface area contributed by atoms with Crippen molar-refractivity contribution in [3.8, 4) is 0 Å². The molecule has 5 nitrogen and oxygen atoms in total. The number of benzene rings is 1. The number of rotatable bonds is 5. The molecule has 1 aliphatic heterocycles. The van der Waals surface area contributed by atoms with Crippen molar-refractivity contribution in [2.75, 3.05) is 19.7 Å². The van der Waals surface area contributed by atoms with Crippen LogP contribution in [-0.2, 0) is 13.1 Å². The highest BCUT2D eigenvalue weighted by atomic mass is 16.3. The van der Waals surface area contributed by atoms with Gasteiger partial charge in [-0.2, -0.15) is 5.10 Å². The van der Waals surface area contributed by atoms with E-state index < -0.39 is 0 Å². The zero-order valence-electron chi connectivity index (χ0n) is 14.4. The fourth-order valence-electron chi connectivity index (χ4n) is 3.80. The molecule has 0 saturated carbocycles. The maximum Gasteiger partial charge on any atom is 0.0705 e. The van der Waals surface area contributed by atoms with Gasteiger partial charge in [-0.05, 0) is 43.1 Å². The van der Waals surface area contributed by atoms with Crippen LogP contribution in [0.2, 0.25) is 0 Å². The van der Waals surface area contributed by atoms with Crippen LogP contribution in [0.4, 0.5) is 0 Å². The van der Waals surface area contributed by atoms with E-state index >= 15 is 0 Å². The molecule has 1 saturated heterocycles. The number of fused-ring (bicyclic) bond motifs is 1. The van der Waals surface area contributed by atoms with Gasteiger partial charge in [0.05, 0.1) is 24.4 Å². The van der Waals surface area contributed by atoms with E-state index in [0.29, 0.717) is 12.5 Å². The second-order valence-electron chi connectivity index (χ2n) is 6.79. The SMILES string of the molecule is OCCn1ccc([C@@H]2CCCN(Cc3ccnc4ccccc34)C2)n1. The molecule has 4 rings (SSSR count). The van der Waals surface area contributed by atoms with Gasteiger partial charge in [0.1, 0.15) is 0 Å². The van der Waals surface area contributed by atoms with Gasteiger partial charge in [-0.3, -0.25) is 14.6 Å². The molecule has 0 unspecified atom stereocenters. The average molecular weight is 336 g/mol. The molecule has 3 aromatic rings. The summed E-state index contributed by atoms with van der Waals surface area (Å²) < 4.78 is 1.84. The molecule has 0 spiro atoms. The highest BCUT2D eigenvalue weighted by molar-refractivity contribution is 5.81. The first-order chi connectivity index (χ1) is 12.3. The molecule has 1 aromatic carbocycles. The molecule has 0 aliphatic carbocycles. The normalized spacial score (nSPS) is 18.7. The molecule has 1 fully saturated rings. The number of aromatic nitrogens is 3. The molecule has 130 valence electrons. The van der Waals surface area contributed by atoms with Gasteiger partial charge in [0.25, 0.3) is 0 Å². The minimum Gasteiger partial charge on any atom is -0.394 e. The van der Waals surface area contributed by atoms with Gasteiger partial charge in [-0.1, -0.05) is 18.2 Å². The maximum atomic E-state index is 9.06. The van der Waals surface area contributed by atoms with E-state index in [-0.39, 0.29) is 6.61 Å². The van der Waals surface area contributed by atoms with Crippen molar-refractivity contribution in [1.82, 2.24) is 19.7 Å². The summed E-state index contributed by atoms with van der Waals surface area (Å²) in [7, 11) is 0. The van der Waals surface area contributed by atoms with Crippen LogP contribution in [0.25, 0.3) is 10.9 Å². The Hall–Kier alpha value is -2.24. The second kappa shape index (κ2) is 7.33. The summed E-state index contributed by atoms with van der Waals surface area (Å²) >= 11 is 0. The minimum absolute atomic E-state index is 0.132. The van der Waals surface area contributed by atoms with Crippen LogP contribution in [0.15, 0.2) is 48.8 Å². The average Bonchev–Trinajstić information content (AvgIpc) is 3.11. The lowest BCUT2D eigenvalue weighted by Crippen LogP contribution is -2.34. The number of aliphatic hydroxyl groups is 1. The van der Waals surface area contributed by atoms with Gasteiger partial charge in [-0.15, -0.1) is 0 Å². The van der Waals surface area contributed by atoms with Crippen LogP contribution in [0.5, 0.6) is 0 Å². The van der Waals surface area contributed by atoms with Crippen molar-refractivity contribution >= 4 is 10.9 Å². The van der Waals surface area contributed by atoms with Gasteiger partial charge >= 0.3 is 0 Å². The van der Waals surface area contributed by atoms with Gasteiger partial charge in [0.15, 0.2) is 0 Å². The number of hydrogen-bond acceptors (Lipinski definition) is 4. The van der Waals surface area contributed by atoms with Crippen LogP contribution >= 0.6 is 0 Å². The van der Waals surface area contributed by atoms with Crippen molar-refractivity contribution in [2.24, 2.45) is 0 Å². The summed E-state index contributed by atoms with van der Waals surface area (Å²) in [6.45, 7) is 3.82. The first-order valence-corrected chi connectivity index (χ1v) is 9.02. The first kappa shape index (κ1) is 16.2. The molecule has 3 heterocycles. The van der Waals surface area contributed by atoms with Crippen molar-refractivity contribution in [1.29, 1.82) is 0 Å². The molecule has 0 bridgehead atoms. The predicted octanol–water partition coefficient (Wildman–Crippen LogP) is 2.80. The monoisotopic (exact) mass is 336 g/mol. The Balaban J connectivity index is 1.49. The number of likely N-dealkylation sites (tertiary alicyclic amines) is 1. The van der Waals surface area contributed by atoms with E-state index in [0.717, 1.165) is 30.8 Å². The zero-order chi connectivity index (χ0) is 17.1. The van der Waals surface area contributed by atoms with Crippen molar-refractivity contribution in [2.45, 2.75) is 31.8 Å². The minimum atomic E-state index is 0.132. The summed E-state index contributed by atoms with van der Waals surface area (Å²) in [6.07, 6.45) is 6.26. The number of piperidine rings is 1. The smallest absolute Gasteiger partial charge is 0.0705 e. The number of para-hydroxylation sites is 1. The summed E-state index contributed by atoms with van der Waals surface area (Å²) in [5.41, 5.74) is 3.56. The standard InChI is InChI=1S/C20H24N4O/c25-13-12-24-11-8-19(22-24)17-4-3-10-23(15-17)14-16-7-9-21-20-6-2-1-5-18(16)20/h1-2,5-9,11,17,25H,3-4,10,12-15H2/t17-/m1/s1. The molecular formula is C20H24N4O. The van der Waals surface area contributed by atoms with Crippen LogP contribution in [0, 0.1) is 0 Å². The van der Waals surface area contributed by atoms with E-state index in [1.54, 1.807) is 0 Å². The van der Waals surface area contributed by atoms with Crippen LogP contribution < -0.4 is 0 Å². The predicted molar refractivity (Wildman–Crippen MR) is 98.3 cm³/mol. The van der Waals surface area contributed by atoms with E-state index in [2.05, 4.69) is 45.3 Å². The highest BCUT2D eigenvalue weighted by Crippen LogP contribution is 2.27. The summed E-state index contributed by atoms with van der Waals surface area (Å²) in [5.74, 6) is 0.474. The van der Waals surface area contributed by atoms with Crippen molar-refractivity contribution in [3.63, 3.8) is 0 Å². The Bertz CT molecular complexity index is 839. The molecular weight excluding hydrogens is 312 g/mol. The van der Waals surface area contributed by atoms with E-state index in [1.165, 1.54) is 23.8 Å². The fourth-order valence-corrected chi connectivity index (χ4v) is 3.80. The van der Waals surface area contributed by atoms with Gasteiger partial charge < -0.3 is 5.11 Å². The molecule has 1 atom stereocenters. The molecule has 1 N–H and O–H groups in total. The number of aliphatic hydroxyl groups excluding tert-OH is 1. The molecule has 25 heavy (non-hydrogen) atoms. The fraction of sp³-hybridized carbons (Fsp3) is 0.400.